The molecule has 0 saturated carbocycles. The van der Waals surface area contributed by atoms with Crippen LogP contribution in [0.3, 0.4) is 0 Å². The molecule has 0 aliphatic carbocycles. The Hall–Kier alpha value is -2.37. The molecule has 1 aromatic rings. The number of pyridine rings is 1. The fourth-order valence-electron chi connectivity index (χ4n) is 1.70. The van der Waals surface area contributed by atoms with Gasteiger partial charge in [0.15, 0.2) is 0 Å². The molecule has 1 aromatic heterocycles. The highest BCUT2D eigenvalue weighted by Crippen LogP contribution is 2.18. The summed E-state index contributed by atoms with van der Waals surface area (Å²) in [6, 6.07) is 3.37. The predicted octanol–water partition coefficient (Wildman–Crippen LogP) is 2.05. The molecule has 21 heavy (non-hydrogen) atoms. The lowest BCUT2D eigenvalue weighted by Gasteiger charge is -2.26. The number of hydrogen-bond acceptors (Lipinski definition) is 4. The molecule has 6 nitrogen and oxygen atoms in total. The van der Waals surface area contributed by atoms with Gasteiger partial charge in [-0.15, -0.1) is 6.58 Å². The zero-order valence-electron chi connectivity index (χ0n) is 12.3. The van der Waals surface area contributed by atoms with Gasteiger partial charge in [-0.05, 0) is 32.4 Å². The van der Waals surface area contributed by atoms with Gasteiger partial charge in [0.05, 0.1) is 5.56 Å². The van der Waals surface area contributed by atoms with Crippen LogP contribution in [0, 0.1) is 0 Å². The van der Waals surface area contributed by atoms with Gasteiger partial charge in [-0.25, -0.2) is 4.98 Å². The van der Waals surface area contributed by atoms with Crippen LogP contribution >= 0.6 is 0 Å². The molecular weight excluding hydrogens is 270 g/mol. The maximum Gasteiger partial charge on any atom is 0.303 e. The highest BCUT2D eigenvalue weighted by molar-refractivity contribution is 5.94. The molecule has 0 atom stereocenters. The summed E-state index contributed by atoms with van der Waals surface area (Å²) in [6.07, 6.45) is 3.65. The number of carbonyl (C=O) groups is 2. The van der Waals surface area contributed by atoms with E-state index in [9.17, 15) is 9.59 Å². The summed E-state index contributed by atoms with van der Waals surface area (Å²) >= 11 is 0. The second kappa shape index (κ2) is 7.42. The van der Waals surface area contributed by atoms with Crippen LogP contribution in [0.15, 0.2) is 31.0 Å². The molecular formula is C15H21N3O3. The number of aliphatic carboxylic acids is 1. The summed E-state index contributed by atoms with van der Waals surface area (Å²) in [5, 5.41) is 14.5. The van der Waals surface area contributed by atoms with Gasteiger partial charge in [-0.1, -0.05) is 6.08 Å². The largest absolute Gasteiger partial charge is 0.481 e. The van der Waals surface area contributed by atoms with E-state index in [0.29, 0.717) is 24.3 Å². The Morgan fingerprint density at radius 1 is 1.43 bits per heavy atom. The lowest BCUT2D eigenvalue weighted by molar-refractivity contribution is -0.137. The van der Waals surface area contributed by atoms with Crippen LogP contribution in [0.1, 0.15) is 37.0 Å². The third kappa shape index (κ3) is 6.07. The van der Waals surface area contributed by atoms with Crippen molar-refractivity contribution >= 4 is 17.7 Å². The van der Waals surface area contributed by atoms with Gasteiger partial charge in [0.2, 0.25) is 0 Å². The molecule has 114 valence electrons. The van der Waals surface area contributed by atoms with Crippen molar-refractivity contribution in [2.75, 3.05) is 11.9 Å². The maximum absolute atomic E-state index is 11.7. The van der Waals surface area contributed by atoms with Gasteiger partial charge >= 0.3 is 5.97 Å². The Kier molecular flexibility index (Phi) is 5.90. The van der Waals surface area contributed by atoms with Gasteiger partial charge in [0.25, 0.3) is 5.91 Å². The van der Waals surface area contributed by atoms with Crippen LogP contribution in [0.5, 0.6) is 0 Å². The van der Waals surface area contributed by atoms with Gasteiger partial charge < -0.3 is 15.7 Å². The molecule has 0 aromatic carbocycles. The number of rotatable bonds is 8. The fraction of sp³-hybridized carbons (Fsp3) is 0.400. The van der Waals surface area contributed by atoms with E-state index in [0.717, 1.165) is 0 Å². The third-order valence-electron chi connectivity index (χ3n) is 2.86. The van der Waals surface area contributed by atoms with Gasteiger partial charge in [0.1, 0.15) is 5.82 Å². The standard InChI is InChI=1S/C15H21N3O3/c1-4-9-16-14(21)11-5-6-12(17-10-11)18-15(2,3)8-7-13(19)20/h4-6,10H,1,7-9H2,2-3H3,(H,16,21)(H,17,18)(H,19,20). The van der Waals surface area contributed by atoms with Crippen LogP contribution in [0.4, 0.5) is 5.82 Å². The number of hydrogen-bond donors (Lipinski definition) is 3. The first kappa shape index (κ1) is 16.7. The topological polar surface area (TPSA) is 91.3 Å². The molecule has 0 spiro atoms. The summed E-state index contributed by atoms with van der Waals surface area (Å²) in [5.74, 6) is -0.434. The van der Waals surface area contributed by atoms with E-state index in [1.807, 2.05) is 13.8 Å². The van der Waals surface area contributed by atoms with E-state index in [-0.39, 0.29) is 12.3 Å². The van der Waals surface area contributed by atoms with Crippen molar-refractivity contribution in [2.24, 2.45) is 0 Å². The first-order valence-corrected chi connectivity index (χ1v) is 6.69. The van der Waals surface area contributed by atoms with Crippen LogP contribution in [-0.2, 0) is 4.79 Å². The van der Waals surface area contributed by atoms with Crippen molar-refractivity contribution in [3.8, 4) is 0 Å². The Bertz CT molecular complexity index is 509. The molecule has 6 heteroatoms. The van der Waals surface area contributed by atoms with E-state index < -0.39 is 11.5 Å². The molecule has 0 unspecified atom stereocenters. The smallest absolute Gasteiger partial charge is 0.303 e. The fourth-order valence-corrected chi connectivity index (χ4v) is 1.70. The molecule has 0 aliphatic heterocycles. The number of aromatic nitrogens is 1. The number of anilines is 1. The Labute approximate surface area is 124 Å². The van der Waals surface area contributed by atoms with Gasteiger partial charge in [-0.2, -0.15) is 0 Å². The van der Waals surface area contributed by atoms with Crippen LogP contribution in [0.25, 0.3) is 0 Å². The zero-order chi connectivity index (χ0) is 15.9. The Balaban J connectivity index is 2.63. The molecule has 0 radical (unpaired) electrons. The highest BCUT2D eigenvalue weighted by atomic mass is 16.4. The Morgan fingerprint density at radius 3 is 2.67 bits per heavy atom. The van der Waals surface area contributed by atoms with Crippen molar-refractivity contribution in [3.05, 3.63) is 36.5 Å². The number of carbonyl (C=O) groups excluding carboxylic acids is 1. The SMILES string of the molecule is C=CCNC(=O)c1ccc(NC(C)(C)CCC(=O)O)nc1. The molecule has 3 N–H and O–H groups in total. The van der Waals surface area contributed by atoms with Crippen molar-refractivity contribution in [1.29, 1.82) is 0 Å². The summed E-state index contributed by atoms with van der Waals surface area (Å²) in [6.45, 7) is 7.74. The number of nitrogens with one attached hydrogen (secondary N) is 2. The van der Waals surface area contributed by atoms with E-state index >= 15 is 0 Å². The van der Waals surface area contributed by atoms with Crippen LogP contribution < -0.4 is 10.6 Å². The zero-order valence-corrected chi connectivity index (χ0v) is 12.3. The number of nitrogens with zero attached hydrogens (tertiary/aromatic N) is 1. The van der Waals surface area contributed by atoms with Crippen molar-refractivity contribution in [2.45, 2.75) is 32.2 Å². The second-order valence-electron chi connectivity index (χ2n) is 5.33. The lowest BCUT2D eigenvalue weighted by atomic mass is 9.98. The Morgan fingerprint density at radius 2 is 2.14 bits per heavy atom. The lowest BCUT2D eigenvalue weighted by Crippen LogP contribution is -2.32. The van der Waals surface area contributed by atoms with Gasteiger partial charge in [-0.3, -0.25) is 9.59 Å². The normalized spacial score (nSPS) is 10.8. The maximum atomic E-state index is 11.7. The summed E-state index contributed by atoms with van der Waals surface area (Å²) in [5.41, 5.74) is 0.0728. The first-order valence-electron chi connectivity index (χ1n) is 6.69. The number of carboxylic acids is 1. The van der Waals surface area contributed by atoms with Crippen molar-refractivity contribution < 1.29 is 14.7 Å². The molecule has 0 aliphatic rings. The molecule has 1 rings (SSSR count). The third-order valence-corrected chi connectivity index (χ3v) is 2.86. The summed E-state index contributed by atoms with van der Waals surface area (Å²) in [4.78, 5) is 26.5. The van der Waals surface area contributed by atoms with E-state index in [1.54, 1.807) is 18.2 Å². The first-order chi connectivity index (χ1) is 9.84. The predicted molar refractivity (Wildman–Crippen MR) is 81.3 cm³/mol. The number of amides is 1. The van der Waals surface area contributed by atoms with E-state index in [4.69, 9.17) is 5.11 Å². The monoisotopic (exact) mass is 291 g/mol. The highest BCUT2D eigenvalue weighted by Gasteiger charge is 2.19. The summed E-state index contributed by atoms with van der Waals surface area (Å²) in [7, 11) is 0. The minimum atomic E-state index is -0.827. The second-order valence-corrected chi connectivity index (χ2v) is 5.33. The van der Waals surface area contributed by atoms with E-state index in [1.165, 1.54) is 6.20 Å². The van der Waals surface area contributed by atoms with Crippen LogP contribution in [-0.4, -0.2) is 34.1 Å². The van der Waals surface area contributed by atoms with Crippen molar-refractivity contribution in [1.82, 2.24) is 10.3 Å². The average molecular weight is 291 g/mol. The minimum absolute atomic E-state index is 0.0854. The molecule has 0 saturated heterocycles. The van der Waals surface area contributed by atoms with E-state index in [2.05, 4.69) is 22.2 Å². The van der Waals surface area contributed by atoms with Gasteiger partial charge in [0, 0.05) is 24.7 Å². The molecule has 0 fully saturated rings. The molecule has 1 amide bonds. The van der Waals surface area contributed by atoms with Crippen LogP contribution in [0.2, 0.25) is 0 Å². The number of carboxylic acid groups (broad SMARTS) is 1. The van der Waals surface area contributed by atoms with Crippen molar-refractivity contribution in [3.63, 3.8) is 0 Å². The minimum Gasteiger partial charge on any atom is -0.481 e. The molecule has 1 heterocycles. The average Bonchev–Trinajstić information content (AvgIpc) is 2.43. The quantitative estimate of drug-likeness (QED) is 0.638. The summed E-state index contributed by atoms with van der Waals surface area (Å²) < 4.78 is 0. The molecule has 0 bridgehead atoms.